The monoisotopic (exact) mass is 428 g/mol. The van der Waals surface area contributed by atoms with Gasteiger partial charge < -0.3 is 15.7 Å². The smallest absolute Gasteiger partial charge is 0.191 e. The number of aliphatic hydroxyl groups is 1. The molecule has 6 heteroatoms. The first kappa shape index (κ1) is 22.6. The molecule has 2 aromatic carbocycles. The molecule has 1 saturated heterocycles. The van der Waals surface area contributed by atoms with Gasteiger partial charge in [0, 0.05) is 43.7 Å². The quantitative estimate of drug-likeness (QED) is 0.445. The summed E-state index contributed by atoms with van der Waals surface area (Å²) >= 11 is 5.98. The molecule has 5 nitrogen and oxygen atoms in total. The van der Waals surface area contributed by atoms with Crippen molar-refractivity contribution >= 4 is 17.6 Å². The third-order valence-electron chi connectivity index (χ3n) is 5.37. The van der Waals surface area contributed by atoms with E-state index in [4.69, 9.17) is 11.6 Å². The predicted molar refractivity (Wildman–Crippen MR) is 125 cm³/mol. The van der Waals surface area contributed by atoms with Gasteiger partial charge in [-0.05, 0) is 43.0 Å². The van der Waals surface area contributed by atoms with Crippen molar-refractivity contribution in [2.75, 3.05) is 26.2 Å². The average Bonchev–Trinajstić information content (AvgIpc) is 2.76. The van der Waals surface area contributed by atoms with Crippen LogP contribution in [0, 0.1) is 0 Å². The topological polar surface area (TPSA) is 59.9 Å². The van der Waals surface area contributed by atoms with Crippen molar-refractivity contribution in [2.45, 2.75) is 44.9 Å². The zero-order chi connectivity index (χ0) is 21.2. The molecule has 1 heterocycles. The third kappa shape index (κ3) is 7.63. The summed E-state index contributed by atoms with van der Waals surface area (Å²) < 4.78 is 0. The number of halogens is 1. The first-order chi connectivity index (χ1) is 14.6. The Morgan fingerprint density at radius 2 is 1.80 bits per heavy atom. The van der Waals surface area contributed by atoms with Gasteiger partial charge in [0.15, 0.2) is 5.96 Å². The van der Waals surface area contributed by atoms with E-state index in [0.717, 1.165) is 55.6 Å². The Bertz CT molecular complexity index is 774. The Hall–Kier alpha value is -2.08. The first-order valence-electron chi connectivity index (χ1n) is 10.9. The van der Waals surface area contributed by atoms with Gasteiger partial charge in [-0.25, -0.2) is 0 Å². The van der Waals surface area contributed by atoms with Crippen LogP contribution in [0.3, 0.4) is 0 Å². The lowest BCUT2D eigenvalue weighted by Gasteiger charge is -2.33. The highest BCUT2D eigenvalue weighted by molar-refractivity contribution is 6.30. The third-order valence-corrected chi connectivity index (χ3v) is 5.62. The molecule has 1 unspecified atom stereocenters. The minimum atomic E-state index is -0.482. The molecule has 0 bridgehead atoms. The molecule has 3 N–H and O–H groups in total. The molecular formula is C24H33ClN4O. The molecule has 0 saturated carbocycles. The Balaban J connectivity index is 1.44. The number of likely N-dealkylation sites (tertiary alicyclic amines) is 1. The molecule has 1 atom stereocenters. The van der Waals surface area contributed by atoms with Crippen LogP contribution >= 0.6 is 11.6 Å². The number of aliphatic imine (C=N–C) groups is 1. The van der Waals surface area contributed by atoms with E-state index in [1.807, 2.05) is 42.5 Å². The Morgan fingerprint density at radius 3 is 2.47 bits per heavy atom. The maximum absolute atomic E-state index is 10.3. The number of rotatable bonds is 8. The van der Waals surface area contributed by atoms with Gasteiger partial charge in [0.2, 0.25) is 0 Å². The van der Waals surface area contributed by atoms with E-state index in [2.05, 4.69) is 39.6 Å². The van der Waals surface area contributed by atoms with E-state index < -0.39 is 6.10 Å². The van der Waals surface area contributed by atoms with Crippen LogP contribution in [0.4, 0.5) is 0 Å². The number of benzene rings is 2. The van der Waals surface area contributed by atoms with Crippen molar-refractivity contribution in [3.8, 4) is 0 Å². The van der Waals surface area contributed by atoms with Crippen LogP contribution in [0.2, 0.25) is 5.02 Å². The molecule has 0 radical (unpaired) electrons. The molecule has 3 rings (SSSR count). The van der Waals surface area contributed by atoms with Crippen LogP contribution in [-0.2, 0) is 13.0 Å². The largest absolute Gasteiger partial charge is 0.391 e. The molecule has 0 aromatic heterocycles. The number of guanidine groups is 1. The van der Waals surface area contributed by atoms with Gasteiger partial charge in [-0.3, -0.25) is 9.89 Å². The zero-order valence-electron chi connectivity index (χ0n) is 17.7. The van der Waals surface area contributed by atoms with Crippen LogP contribution in [0.5, 0.6) is 0 Å². The molecule has 1 fully saturated rings. The number of hydrogen-bond donors (Lipinski definition) is 3. The number of aliphatic hydroxyl groups excluding tert-OH is 1. The summed E-state index contributed by atoms with van der Waals surface area (Å²) in [5, 5.41) is 18.0. The standard InChI is InChI=1S/C24H33ClN4O/c1-2-26-24(27-17-23(30)16-19-6-4-3-5-7-19)28-22-12-14-29(15-13-22)18-20-8-10-21(25)11-9-20/h3-11,22-23,30H,2,12-18H2,1H3,(H2,26,27,28). The normalized spacial score (nSPS) is 17.0. The highest BCUT2D eigenvalue weighted by atomic mass is 35.5. The fourth-order valence-corrected chi connectivity index (χ4v) is 3.87. The van der Waals surface area contributed by atoms with Crippen LogP contribution in [0.1, 0.15) is 30.9 Å². The van der Waals surface area contributed by atoms with Crippen molar-refractivity contribution < 1.29 is 5.11 Å². The highest BCUT2D eigenvalue weighted by Gasteiger charge is 2.20. The van der Waals surface area contributed by atoms with Crippen LogP contribution in [0.25, 0.3) is 0 Å². The van der Waals surface area contributed by atoms with Gasteiger partial charge in [0.05, 0.1) is 12.6 Å². The molecule has 1 aliphatic rings. The van der Waals surface area contributed by atoms with Crippen molar-refractivity contribution in [1.29, 1.82) is 0 Å². The first-order valence-corrected chi connectivity index (χ1v) is 11.2. The number of nitrogens with one attached hydrogen (secondary N) is 2. The SMILES string of the molecule is CCNC(=NCC(O)Cc1ccccc1)NC1CCN(Cc2ccc(Cl)cc2)CC1. The number of hydrogen-bond acceptors (Lipinski definition) is 3. The van der Waals surface area contributed by atoms with E-state index in [1.165, 1.54) is 5.56 Å². The lowest BCUT2D eigenvalue weighted by atomic mass is 10.0. The Morgan fingerprint density at radius 1 is 1.10 bits per heavy atom. The Labute approximate surface area is 185 Å². The van der Waals surface area contributed by atoms with E-state index in [1.54, 1.807) is 0 Å². The van der Waals surface area contributed by atoms with Crippen molar-refractivity contribution in [3.05, 3.63) is 70.7 Å². The van der Waals surface area contributed by atoms with Gasteiger partial charge in [-0.15, -0.1) is 0 Å². The van der Waals surface area contributed by atoms with Crippen LogP contribution in [-0.4, -0.2) is 54.3 Å². The lowest BCUT2D eigenvalue weighted by Crippen LogP contribution is -2.48. The van der Waals surface area contributed by atoms with Crippen molar-refractivity contribution in [2.24, 2.45) is 4.99 Å². The van der Waals surface area contributed by atoms with E-state index in [0.29, 0.717) is 19.0 Å². The van der Waals surface area contributed by atoms with Crippen LogP contribution < -0.4 is 10.6 Å². The second-order valence-corrected chi connectivity index (χ2v) is 8.32. The molecule has 0 aliphatic carbocycles. The summed E-state index contributed by atoms with van der Waals surface area (Å²) in [7, 11) is 0. The van der Waals surface area contributed by atoms with Crippen molar-refractivity contribution in [1.82, 2.24) is 15.5 Å². The van der Waals surface area contributed by atoms with Gasteiger partial charge in [-0.1, -0.05) is 54.1 Å². The molecule has 1 aliphatic heterocycles. The molecule has 0 amide bonds. The van der Waals surface area contributed by atoms with E-state index in [-0.39, 0.29) is 0 Å². The summed E-state index contributed by atoms with van der Waals surface area (Å²) in [5.74, 6) is 0.792. The zero-order valence-corrected chi connectivity index (χ0v) is 18.5. The molecular weight excluding hydrogens is 396 g/mol. The van der Waals surface area contributed by atoms with Gasteiger partial charge >= 0.3 is 0 Å². The maximum Gasteiger partial charge on any atom is 0.191 e. The number of nitrogens with zero attached hydrogens (tertiary/aromatic N) is 2. The van der Waals surface area contributed by atoms with Gasteiger partial charge in [0.25, 0.3) is 0 Å². The summed E-state index contributed by atoms with van der Waals surface area (Å²) in [6.07, 6.45) is 2.28. The van der Waals surface area contributed by atoms with Gasteiger partial charge in [-0.2, -0.15) is 0 Å². The fourth-order valence-electron chi connectivity index (χ4n) is 3.74. The van der Waals surface area contributed by atoms with Crippen molar-refractivity contribution in [3.63, 3.8) is 0 Å². The molecule has 162 valence electrons. The second kappa shape index (κ2) is 11.9. The molecule has 30 heavy (non-hydrogen) atoms. The second-order valence-electron chi connectivity index (χ2n) is 7.88. The predicted octanol–water partition coefficient (Wildman–Crippen LogP) is 3.46. The molecule has 2 aromatic rings. The number of piperidine rings is 1. The minimum Gasteiger partial charge on any atom is -0.391 e. The fraction of sp³-hybridized carbons (Fsp3) is 0.458. The van der Waals surface area contributed by atoms with Crippen LogP contribution in [0.15, 0.2) is 59.6 Å². The summed E-state index contributed by atoms with van der Waals surface area (Å²) in [4.78, 5) is 7.10. The summed E-state index contributed by atoms with van der Waals surface area (Å²) in [6.45, 7) is 6.32. The van der Waals surface area contributed by atoms with Gasteiger partial charge in [0.1, 0.15) is 0 Å². The Kier molecular flexibility index (Phi) is 9.00. The molecule has 0 spiro atoms. The summed E-state index contributed by atoms with van der Waals surface area (Å²) in [6, 6.07) is 18.6. The average molecular weight is 429 g/mol. The highest BCUT2D eigenvalue weighted by Crippen LogP contribution is 2.16. The van der Waals surface area contributed by atoms with E-state index in [9.17, 15) is 5.11 Å². The minimum absolute atomic E-state index is 0.389. The maximum atomic E-state index is 10.3. The lowest BCUT2D eigenvalue weighted by molar-refractivity contribution is 0.183. The summed E-state index contributed by atoms with van der Waals surface area (Å²) in [5.41, 5.74) is 2.43. The van der Waals surface area contributed by atoms with E-state index >= 15 is 0 Å².